The Bertz CT molecular complexity index is 548. The number of alkyl halides is 1. The predicted octanol–water partition coefficient (Wildman–Crippen LogP) is 5.37. The van der Waals surface area contributed by atoms with E-state index in [2.05, 4.69) is 39.5 Å². The minimum Gasteiger partial charge on any atom is -0.381 e. The molecule has 1 aliphatic heterocycles. The van der Waals surface area contributed by atoms with E-state index in [9.17, 15) is 0 Å². The standard InChI is InChI=1S/C14H14BrClOS/c15-12-3-1-2-10-11(8-18-14(10)12)13(16)9-4-6-17-7-5-9/h1-3,8-9,13H,4-7H2. The highest BCUT2D eigenvalue weighted by Gasteiger charge is 2.25. The third-order valence-electron chi connectivity index (χ3n) is 3.56. The maximum atomic E-state index is 6.69. The van der Waals surface area contributed by atoms with Crippen LogP contribution in [0.1, 0.15) is 23.8 Å². The second-order valence-electron chi connectivity index (χ2n) is 4.66. The van der Waals surface area contributed by atoms with Crippen LogP contribution >= 0.6 is 38.9 Å². The molecule has 0 radical (unpaired) electrons. The van der Waals surface area contributed by atoms with Crippen LogP contribution in [-0.4, -0.2) is 13.2 Å². The van der Waals surface area contributed by atoms with Crippen molar-refractivity contribution in [2.45, 2.75) is 18.2 Å². The molecule has 3 rings (SSSR count). The van der Waals surface area contributed by atoms with Crippen LogP contribution in [0, 0.1) is 5.92 Å². The van der Waals surface area contributed by atoms with Gasteiger partial charge in [0, 0.05) is 22.4 Å². The summed E-state index contributed by atoms with van der Waals surface area (Å²) in [5.41, 5.74) is 1.28. The van der Waals surface area contributed by atoms with Crippen molar-refractivity contribution in [3.63, 3.8) is 0 Å². The van der Waals surface area contributed by atoms with Crippen LogP contribution in [-0.2, 0) is 4.74 Å². The number of fused-ring (bicyclic) bond motifs is 1. The van der Waals surface area contributed by atoms with E-state index >= 15 is 0 Å². The Morgan fingerprint density at radius 3 is 2.89 bits per heavy atom. The molecule has 0 spiro atoms. The van der Waals surface area contributed by atoms with Gasteiger partial charge in [0.1, 0.15) is 0 Å². The van der Waals surface area contributed by atoms with Crippen LogP contribution in [0.3, 0.4) is 0 Å². The lowest BCUT2D eigenvalue weighted by molar-refractivity contribution is 0.0652. The molecule has 0 amide bonds. The summed E-state index contributed by atoms with van der Waals surface area (Å²) in [6.07, 6.45) is 2.14. The Morgan fingerprint density at radius 2 is 2.11 bits per heavy atom. The van der Waals surface area contributed by atoms with Crippen molar-refractivity contribution in [3.05, 3.63) is 33.6 Å². The van der Waals surface area contributed by atoms with E-state index in [-0.39, 0.29) is 5.38 Å². The van der Waals surface area contributed by atoms with Crippen LogP contribution in [0.15, 0.2) is 28.1 Å². The minimum absolute atomic E-state index is 0.108. The highest BCUT2D eigenvalue weighted by Crippen LogP contribution is 2.42. The van der Waals surface area contributed by atoms with Gasteiger partial charge in [-0.1, -0.05) is 12.1 Å². The summed E-state index contributed by atoms with van der Waals surface area (Å²) in [4.78, 5) is 0. The summed E-state index contributed by atoms with van der Waals surface area (Å²) >= 11 is 12.1. The largest absolute Gasteiger partial charge is 0.381 e. The van der Waals surface area contributed by atoms with Crippen molar-refractivity contribution < 1.29 is 4.74 Å². The molecule has 0 aliphatic carbocycles. The van der Waals surface area contributed by atoms with E-state index in [0.29, 0.717) is 5.92 Å². The number of ether oxygens (including phenoxy) is 1. The van der Waals surface area contributed by atoms with Crippen molar-refractivity contribution in [1.82, 2.24) is 0 Å². The molecule has 4 heteroatoms. The number of rotatable bonds is 2. The van der Waals surface area contributed by atoms with E-state index < -0.39 is 0 Å². The SMILES string of the molecule is ClC(c1csc2c(Br)cccc12)C1CCOCC1. The molecule has 1 aromatic heterocycles. The van der Waals surface area contributed by atoms with Crippen LogP contribution in [0.4, 0.5) is 0 Å². The molecule has 0 saturated carbocycles. The molecule has 1 fully saturated rings. The van der Waals surface area contributed by atoms with Gasteiger partial charge in [-0.25, -0.2) is 0 Å². The molecule has 96 valence electrons. The first-order chi connectivity index (χ1) is 8.77. The summed E-state index contributed by atoms with van der Waals surface area (Å²) in [5.74, 6) is 0.539. The normalized spacial score (nSPS) is 19.2. The molecule has 0 N–H and O–H groups in total. The van der Waals surface area contributed by atoms with Gasteiger partial charge in [-0.15, -0.1) is 22.9 Å². The van der Waals surface area contributed by atoms with Crippen molar-refractivity contribution >= 4 is 49.0 Å². The van der Waals surface area contributed by atoms with E-state index in [0.717, 1.165) is 30.5 Å². The molecule has 2 aromatic rings. The van der Waals surface area contributed by atoms with E-state index in [1.165, 1.54) is 15.6 Å². The van der Waals surface area contributed by atoms with Gasteiger partial charge in [-0.2, -0.15) is 0 Å². The van der Waals surface area contributed by atoms with Gasteiger partial charge < -0.3 is 4.74 Å². The quantitative estimate of drug-likeness (QED) is 0.665. The summed E-state index contributed by atoms with van der Waals surface area (Å²) in [6.45, 7) is 1.69. The summed E-state index contributed by atoms with van der Waals surface area (Å²) < 4.78 is 7.87. The van der Waals surface area contributed by atoms with Gasteiger partial charge in [0.05, 0.1) is 5.38 Å². The van der Waals surface area contributed by atoms with Crippen molar-refractivity contribution in [2.75, 3.05) is 13.2 Å². The van der Waals surface area contributed by atoms with Gasteiger partial charge in [0.2, 0.25) is 0 Å². The predicted molar refractivity (Wildman–Crippen MR) is 81.7 cm³/mol. The number of thiophene rings is 1. The first-order valence-corrected chi connectivity index (χ1v) is 8.25. The van der Waals surface area contributed by atoms with Gasteiger partial charge in [0.15, 0.2) is 0 Å². The minimum atomic E-state index is 0.108. The second-order valence-corrected chi connectivity index (χ2v) is 6.86. The molecule has 18 heavy (non-hydrogen) atoms. The fourth-order valence-corrected chi connectivity index (χ4v) is 4.68. The highest BCUT2D eigenvalue weighted by atomic mass is 79.9. The Hall–Kier alpha value is -0.0900. The molecule has 1 atom stereocenters. The van der Waals surface area contributed by atoms with E-state index in [4.69, 9.17) is 16.3 Å². The summed E-state index contributed by atoms with van der Waals surface area (Å²) in [7, 11) is 0. The molecule has 1 aliphatic rings. The Labute approximate surface area is 124 Å². The zero-order chi connectivity index (χ0) is 12.5. The third-order valence-corrected chi connectivity index (χ3v) is 6.12. The maximum absolute atomic E-state index is 6.69. The number of hydrogen-bond donors (Lipinski definition) is 0. The maximum Gasteiger partial charge on any atom is 0.0629 e. The van der Waals surface area contributed by atoms with Crippen LogP contribution in [0.2, 0.25) is 0 Å². The van der Waals surface area contributed by atoms with E-state index in [1.807, 2.05) is 0 Å². The van der Waals surface area contributed by atoms with Gasteiger partial charge in [0.25, 0.3) is 0 Å². The average molecular weight is 346 g/mol. The molecular weight excluding hydrogens is 332 g/mol. The molecule has 1 aromatic carbocycles. The molecule has 0 bridgehead atoms. The lowest BCUT2D eigenvalue weighted by Crippen LogP contribution is -2.19. The first-order valence-electron chi connectivity index (χ1n) is 6.15. The smallest absolute Gasteiger partial charge is 0.0629 e. The van der Waals surface area contributed by atoms with Crippen LogP contribution in [0.5, 0.6) is 0 Å². The molecule has 1 nitrogen and oxygen atoms in total. The second kappa shape index (κ2) is 5.49. The fraction of sp³-hybridized carbons (Fsp3) is 0.429. The van der Waals surface area contributed by atoms with Gasteiger partial charge >= 0.3 is 0 Å². The number of halogens is 2. The van der Waals surface area contributed by atoms with Crippen molar-refractivity contribution in [1.29, 1.82) is 0 Å². The molecule has 2 heterocycles. The molecule has 1 saturated heterocycles. The Kier molecular flexibility index (Phi) is 3.94. The topological polar surface area (TPSA) is 9.23 Å². The highest BCUT2D eigenvalue weighted by molar-refractivity contribution is 9.10. The Balaban J connectivity index is 1.96. The molecular formula is C14H14BrClOS. The fourth-order valence-electron chi connectivity index (χ4n) is 2.52. The van der Waals surface area contributed by atoms with Crippen molar-refractivity contribution in [2.24, 2.45) is 5.92 Å². The summed E-state index contributed by atoms with van der Waals surface area (Å²) in [6, 6.07) is 6.33. The van der Waals surface area contributed by atoms with E-state index in [1.54, 1.807) is 11.3 Å². The number of benzene rings is 1. The zero-order valence-electron chi connectivity index (χ0n) is 9.86. The number of hydrogen-bond acceptors (Lipinski definition) is 2. The summed E-state index contributed by atoms with van der Waals surface area (Å²) in [5, 5.41) is 3.61. The average Bonchev–Trinajstić information content (AvgIpc) is 2.84. The van der Waals surface area contributed by atoms with Crippen molar-refractivity contribution in [3.8, 4) is 0 Å². The lowest BCUT2D eigenvalue weighted by atomic mass is 9.92. The van der Waals surface area contributed by atoms with Gasteiger partial charge in [-0.3, -0.25) is 0 Å². The zero-order valence-corrected chi connectivity index (χ0v) is 13.0. The monoisotopic (exact) mass is 344 g/mol. The van der Waals surface area contributed by atoms with Gasteiger partial charge in [-0.05, 0) is 57.1 Å². The Morgan fingerprint density at radius 1 is 1.33 bits per heavy atom. The third kappa shape index (κ3) is 2.34. The van der Waals surface area contributed by atoms with Crippen LogP contribution < -0.4 is 0 Å². The first kappa shape index (κ1) is 12.9. The van der Waals surface area contributed by atoms with Crippen LogP contribution in [0.25, 0.3) is 10.1 Å². The molecule has 1 unspecified atom stereocenters. The lowest BCUT2D eigenvalue weighted by Gasteiger charge is -2.26.